The van der Waals surface area contributed by atoms with E-state index in [9.17, 15) is 0 Å². The second-order valence-corrected chi connectivity index (χ2v) is 7.14. The lowest BCUT2D eigenvalue weighted by Gasteiger charge is -2.50. The predicted molar refractivity (Wildman–Crippen MR) is 86.7 cm³/mol. The standard InChI is InChI=1S/C19H22N2O/c1-2-13-12-21-10-8-19(13)11-17(21)18(22-19)15-7-9-20-16-6-4-3-5-14(15)16/h3-7,9,13,17-18H,2,8,10-12H2,1H3/t13-,17+,18-,19+/m0/s1. The molecule has 6 rings (SSSR count). The zero-order valence-corrected chi connectivity index (χ0v) is 13.0. The zero-order valence-electron chi connectivity index (χ0n) is 13.0. The van der Waals surface area contributed by atoms with E-state index in [1.165, 1.54) is 43.3 Å². The van der Waals surface area contributed by atoms with Crippen LogP contribution in [0.2, 0.25) is 0 Å². The van der Waals surface area contributed by atoms with E-state index in [1.807, 2.05) is 6.20 Å². The third kappa shape index (κ3) is 1.61. The summed E-state index contributed by atoms with van der Waals surface area (Å²) in [6.07, 6.45) is 5.81. The summed E-state index contributed by atoms with van der Waals surface area (Å²) in [7, 11) is 0. The Morgan fingerprint density at radius 3 is 3.14 bits per heavy atom. The molecule has 0 amide bonds. The van der Waals surface area contributed by atoms with Crippen LogP contribution in [0.1, 0.15) is 37.9 Å². The first-order chi connectivity index (χ1) is 10.8. The van der Waals surface area contributed by atoms with E-state index in [4.69, 9.17) is 4.74 Å². The molecule has 22 heavy (non-hydrogen) atoms. The van der Waals surface area contributed by atoms with Gasteiger partial charge in [-0.3, -0.25) is 9.88 Å². The van der Waals surface area contributed by atoms with Gasteiger partial charge in [0.1, 0.15) is 0 Å². The second-order valence-electron chi connectivity index (χ2n) is 7.14. The van der Waals surface area contributed by atoms with Crippen LogP contribution >= 0.6 is 0 Å². The summed E-state index contributed by atoms with van der Waals surface area (Å²) in [6.45, 7) is 4.75. The summed E-state index contributed by atoms with van der Waals surface area (Å²) in [5.41, 5.74) is 2.56. The van der Waals surface area contributed by atoms with E-state index in [1.54, 1.807) is 0 Å². The summed E-state index contributed by atoms with van der Waals surface area (Å²) in [4.78, 5) is 7.20. The molecule has 4 saturated heterocycles. The minimum atomic E-state index is 0.142. The molecular formula is C19H22N2O. The number of piperidine rings is 3. The highest BCUT2D eigenvalue weighted by Gasteiger charge is 2.60. The topological polar surface area (TPSA) is 25.4 Å². The fourth-order valence-electron chi connectivity index (χ4n) is 5.10. The Kier molecular flexibility index (Phi) is 2.68. The Bertz CT molecular complexity index is 725. The van der Waals surface area contributed by atoms with Crippen molar-refractivity contribution >= 4 is 10.9 Å². The molecule has 3 bridgehead atoms. The highest BCUT2D eigenvalue weighted by Crippen LogP contribution is 2.56. The SMILES string of the molecule is CC[C@H]1CN2CC[C@@]13C[C@@H]2[C@H](c1ccnc2ccccc12)O3. The Balaban J connectivity index is 1.62. The molecule has 3 nitrogen and oxygen atoms in total. The molecule has 1 unspecified atom stereocenters. The quantitative estimate of drug-likeness (QED) is 0.847. The third-order valence-corrected chi connectivity index (χ3v) is 6.24. The van der Waals surface area contributed by atoms with Gasteiger partial charge in [0, 0.05) is 36.6 Å². The van der Waals surface area contributed by atoms with Crippen molar-refractivity contribution < 1.29 is 4.74 Å². The van der Waals surface area contributed by atoms with Crippen molar-refractivity contribution in [2.75, 3.05) is 13.1 Å². The van der Waals surface area contributed by atoms with E-state index in [-0.39, 0.29) is 11.7 Å². The van der Waals surface area contributed by atoms with Gasteiger partial charge in [0.2, 0.25) is 0 Å². The monoisotopic (exact) mass is 294 g/mol. The van der Waals surface area contributed by atoms with Gasteiger partial charge in [0.25, 0.3) is 0 Å². The van der Waals surface area contributed by atoms with Gasteiger partial charge in [0.15, 0.2) is 0 Å². The third-order valence-electron chi connectivity index (χ3n) is 6.24. The molecule has 1 aromatic carbocycles. The minimum Gasteiger partial charge on any atom is -0.365 e. The maximum Gasteiger partial charge on any atom is 0.0995 e. The largest absolute Gasteiger partial charge is 0.365 e. The molecule has 5 atom stereocenters. The smallest absolute Gasteiger partial charge is 0.0995 e. The van der Waals surface area contributed by atoms with Crippen LogP contribution < -0.4 is 0 Å². The number of benzene rings is 1. The van der Waals surface area contributed by atoms with Gasteiger partial charge in [-0.05, 0) is 37.0 Å². The molecule has 2 aromatic rings. The van der Waals surface area contributed by atoms with Crippen molar-refractivity contribution in [1.82, 2.24) is 9.88 Å². The van der Waals surface area contributed by atoms with Gasteiger partial charge in [-0.25, -0.2) is 0 Å². The number of hydrogen-bond donors (Lipinski definition) is 0. The first kappa shape index (κ1) is 13.0. The Morgan fingerprint density at radius 2 is 2.23 bits per heavy atom. The van der Waals surface area contributed by atoms with Crippen LogP contribution in [0.25, 0.3) is 10.9 Å². The van der Waals surface area contributed by atoms with Gasteiger partial charge in [-0.2, -0.15) is 0 Å². The molecule has 4 aliphatic rings. The molecule has 1 spiro atoms. The van der Waals surface area contributed by atoms with Gasteiger partial charge in [-0.15, -0.1) is 0 Å². The predicted octanol–water partition coefficient (Wildman–Crippen LogP) is 3.55. The van der Waals surface area contributed by atoms with Crippen LogP contribution in [0.3, 0.4) is 0 Å². The molecule has 3 heteroatoms. The average Bonchev–Trinajstić information content (AvgIpc) is 2.83. The first-order valence-corrected chi connectivity index (χ1v) is 8.56. The Labute approximate surface area is 131 Å². The van der Waals surface area contributed by atoms with Gasteiger partial charge in [0.05, 0.1) is 17.2 Å². The van der Waals surface area contributed by atoms with E-state index in [2.05, 4.69) is 47.1 Å². The molecule has 0 aliphatic carbocycles. The first-order valence-electron chi connectivity index (χ1n) is 8.56. The summed E-state index contributed by atoms with van der Waals surface area (Å²) in [5.74, 6) is 0.704. The molecule has 1 aromatic heterocycles. The average molecular weight is 294 g/mol. The second kappa shape index (κ2) is 4.53. The summed E-state index contributed by atoms with van der Waals surface area (Å²) in [6, 6.07) is 11.2. The number of ether oxygens (including phenoxy) is 1. The maximum absolute atomic E-state index is 6.79. The number of nitrogens with zero attached hydrogens (tertiary/aromatic N) is 2. The summed E-state index contributed by atoms with van der Waals surface area (Å²) >= 11 is 0. The number of fused-ring (bicyclic) bond motifs is 3. The minimum absolute atomic E-state index is 0.142. The lowest BCUT2D eigenvalue weighted by molar-refractivity contribution is -0.105. The Hall–Kier alpha value is -1.45. The van der Waals surface area contributed by atoms with Gasteiger partial charge < -0.3 is 4.74 Å². The van der Waals surface area contributed by atoms with Crippen LogP contribution in [0.4, 0.5) is 0 Å². The normalized spacial score (nSPS) is 39.5. The molecule has 0 N–H and O–H groups in total. The number of rotatable bonds is 2. The van der Waals surface area contributed by atoms with Crippen LogP contribution in [0, 0.1) is 5.92 Å². The van der Waals surface area contributed by atoms with E-state index in [0.29, 0.717) is 12.0 Å². The van der Waals surface area contributed by atoms with Gasteiger partial charge >= 0.3 is 0 Å². The number of hydrogen-bond acceptors (Lipinski definition) is 3. The van der Waals surface area contributed by atoms with Crippen LogP contribution in [-0.2, 0) is 4.74 Å². The van der Waals surface area contributed by atoms with E-state index < -0.39 is 0 Å². The van der Waals surface area contributed by atoms with Crippen molar-refractivity contribution in [3.05, 3.63) is 42.1 Å². The van der Waals surface area contributed by atoms with Crippen molar-refractivity contribution in [3.63, 3.8) is 0 Å². The fraction of sp³-hybridized carbons (Fsp3) is 0.526. The lowest BCUT2D eigenvalue weighted by Crippen LogP contribution is -2.58. The van der Waals surface area contributed by atoms with E-state index >= 15 is 0 Å². The number of para-hydroxylation sites is 1. The number of aromatic nitrogens is 1. The zero-order chi connectivity index (χ0) is 14.7. The van der Waals surface area contributed by atoms with Crippen LogP contribution in [-0.4, -0.2) is 34.6 Å². The number of pyridine rings is 1. The summed E-state index contributed by atoms with van der Waals surface area (Å²) in [5, 5.41) is 1.26. The van der Waals surface area contributed by atoms with Gasteiger partial charge in [-0.1, -0.05) is 25.1 Å². The van der Waals surface area contributed by atoms with Crippen molar-refractivity contribution in [3.8, 4) is 0 Å². The lowest BCUT2D eigenvalue weighted by atomic mass is 9.72. The van der Waals surface area contributed by atoms with Crippen molar-refractivity contribution in [2.24, 2.45) is 5.92 Å². The molecular weight excluding hydrogens is 272 g/mol. The molecule has 5 heterocycles. The molecule has 0 radical (unpaired) electrons. The van der Waals surface area contributed by atoms with E-state index in [0.717, 1.165) is 5.52 Å². The Morgan fingerprint density at radius 1 is 1.32 bits per heavy atom. The van der Waals surface area contributed by atoms with Crippen LogP contribution in [0.5, 0.6) is 0 Å². The molecule has 4 aliphatic heterocycles. The fourth-order valence-corrected chi connectivity index (χ4v) is 5.10. The van der Waals surface area contributed by atoms with Crippen molar-refractivity contribution in [1.29, 1.82) is 0 Å². The molecule has 4 fully saturated rings. The van der Waals surface area contributed by atoms with Crippen molar-refractivity contribution in [2.45, 2.75) is 43.9 Å². The highest BCUT2D eigenvalue weighted by atomic mass is 16.5. The maximum atomic E-state index is 6.79. The molecule has 0 saturated carbocycles. The summed E-state index contributed by atoms with van der Waals surface area (Å²) < 4.78 is 6.79. The highest BCUT2D eigenvalue weighted by molar-refractivity contribution is 5.82. The molecule has 114 valence electrons. The van der Waals surface area contributed by atoms with Crippen LogP contribution in [0.15, 0.2) is 36.5 Å².